The van der Waals surface area contributed by atoms with Crippen LogP contribution in [-0.2, 0) is 6.42 Å². The SMILES string of the molecule is CCNC(=NCC1CC1)NCCc1ncc(C)s1.I. The molecule has 0 spiro atoms. The highest BCUT2D eigenvalue weighted by Crippen LogP contribution is 2.28. The molecule has 0 aromatic carbocycles. The van der Waals surface area contributed by atoms with E-state index >= 15 is 0 Å². The van der Waals surface area contributed by atoms with Gasteiger partial charge in [-0.3, -0.25) is 4.99 Å². The molecule has 0 saturated heterocycles. The topological polar surface area (TPSA) is 49.3 Å². The first-order valence-corrected chi connectivity index (χ1v) is 7.53. The van der Waals surface area contributed by atoms with Crippen LogP contribution in [0.4, 0.5) is 0 Å². The highest BCUT2D eigenvalue weighted by Gasteiger charge is 2.20. The molecule has 1 aliphatic rings. The minimum absolute atomic E-state index is 0. The molecule has 1 fully saturated rings. The summed E-state index contributed by atoms with van der Waals surface area (Å²) in [5.41, 5.74) is 0. The Bertz CT molecular complexity index is 401. The van der Waals surface area contributed by atoms with E-state index in [-0.39, 0.29) is 24.0 Å². The molecule has 19 heavy (non-hydrogen) atoms. The van der Waals surface area contributed by atoms with E-state index in [4.69, 9.17) is 0 Å². The molecule has 2 N–H and O–H groups in total. The number of guanidine groups is 1. The van der Waals surface area contributed by atoms with Crippen molar-refractivity contribution in [3.05, 3.63) is 16.1 Å². The molecule has 2 rings (SSSR count). The van der Waals surface area contributed by atoms with E-state index in [0.29, 0.717) is 0 Å². The van der Waals surface area contributed by atoms with Crippen LogP contribution in [0, 0.1) is 12.8 Å². The van der Waals surface area contributed by atoms with Gasteiger partial charge in [0.1, 0.15) is 0 Å². The second-order valence-electron chi connectivity index (χ2n) is 4.70. The summed E-state index contributed by atoms with van der Waals surface area (Å²) in [6.45, 7) is 6.95. The van der Waals surface area contributed by atoms with Crippen LogP contribution in [0.15, 0.2) is 11.2 Å². The normalized spacial score (nSPS) is 14.9. The highest BCUT2D eigenvalue weighted by atomic mass is 127. The Labute approximate surface area is 136 Å². The van der Waals surface area contributed by atoms with Crippen LogP contribution in [0.2, 0.25) is 0 Å². The summed E-state index contributed by atoms with van der Waals surface area (Å²) in [5.74, 6) is 1.78. The maximum Gasteiger partial charge on any atom is 0.191 e. The van der Waals surface area contributed by atoms with Crippen LogP contribution in [0.5, 0.6) is 0 Å². The standard InChI is InChI=1S/C13H22N4S.HI/c1-3-14-13(17-9-11-4-5-11)15-7-6-12-16-8-10(2)18-12;/h8,11H,3-7,9H2,1-2H3,(H2,14,15,17);1H. The van der Waals surface area contributed by atoms with Gasteiger partial charge in [0.2, 0.25) is 0 Å². The average Bonchev–Trinajstić information content (AvgIpc) is 3.09. The molecule has 1 saturated carbocycles. The molecule has 4 nitrogen and oxygen atoms in total. The zero-order valence-electron chi connectivity index (χ0n) is 11.6. The van der Waals surface area contributed by atoms with E-state index in [9.17, 15) is 0 Å². The monoisotopic (exact) mass is 394 g/mol. The fourth-order valence-corrected chi connectivity index (χ4v) is 2.45. The molecule has 1 aromatic rings. The van der Waals surface area contributed by atoms with Crippen LogP contribution in [0.3, 0.4) is 0 Å². The van der Waals surface area contributed by atoms with Crippen LogP contribution in [-0.4, -0.2) is 30.6 Å². The molecule has 0 amide bonds. The zero-order chi connectivity index (χ0) is 12.8. The van der Waals surface area contributed by atoms with E-state index in [1.807, 2.05) is 6.20 Å². The van der Waals surface area contributed by atoms with Gasteiger partial charge in [0.05, 0.1) is 5.01 Å². The van der Waals surface area contributed by atoms with Crippen LogP contribution in [0.1, 0.15) is 29.7 Å². The van der Waals surface area contributed by atoms with Gasteiger partial charge in [0.25, 0.3) is 0 Å². The van der Waals surface area contributed by atoms with Crippen molar-refractivity contribution >= 4 is 41.3 Å². The van der Waals surface area contributed by atoms with Gasteiger partial charge < -0.3 is 10.6 Å². The second kappa shape index (κ2) is 8.73. The number of rotatable bonds is 6. The molecule has 0 aliphatic heterocycles. The van der Waals surface area contributed by atoms with Gasteiger partial charge in [-0.15, -0.1) is 35.3 Å². The number of aryl methyl sites for hydroxylation is 1. The van der Waals surface area contributed by atoms with E-state index in [1.54, 1.807) is 11.3 Å². The number of aliphatic imine (C=N–C) groups is 1. The number of hydrogen-bond donors (Lipinski definition) is 2. The van der Waals surface area contributed by atoms with Gasteiger partial charge in [0.15, 0.2) is 5.96 Å². The van der Waals surface area contributed by atoms with E-state index in [1.165, 1.54) is 22.7 Å². The van der Waals surface area contributed by atoms with E-state index in [2.05, 4.69) is 34.5 Å². The number of thiazole rings is 1. The quantitative estimate of drug-likeness (QED) is 0.443. The predicted molar refractivity (Wildman–Crippen MR) is 92.7 cm³/mol. The van der Waals surface area contributed by atoms with Crippen molar-refractivity contribution in [3.8, 4) is 0 Å². The van der Waals surface area contributed by atoms with Crippen molar-refractivity contribution in [1.82, 2.24) is 15.6 Å². The summed E-state index contributed by atoms with van der Waals surface area (Å²) in [7, 11) is 0. The van der Waals surface area contributed by atoms with Crippen molar-refractivity contribution in [2.24, 2.45) is 10.9 Å². The molecule has 6 heteroatoms. The molecule has 0 unspecified atom stereocenters. The van der Waals surface area contributed by atoms with Crippen molar-refractivity contribution in [1.29, 1.82) is 0 Å². The zero-order valence-corrected chi connectivity index (χ0v) is 14.8. The van der Waals surface area contributed by atoms with Crippen molar-refractivity contribution in [2.75, 3.05) is 19.6 Å². The minimum atomic E-state index is 0. The predicted octanol–water partition coefficient (Wildman–Crippen LogP) is 2.58. The third-order valence-corrected chi connectivity index (χ3v) is 3.82. The fourth-order valence-electron chi connectivity index (χ4n) is 1.67. The smallest absolute Gasteiger partial charge is 0.191 e. The van der Waals surface area contributed by atoms with Gasteiger partial charge >= 0.3 is 0 Å². The first-order valence-electron chi connectivity index (χ1n) is 6.71. The lowest BCUT2D eigenvalue weighted by atomic mass is 10.4. The average molecular weight is 394 g/mol. The molecular weight excluding hydrogens is 371 g/mol. The van der Waals surface area contributed by atoms with Gasteiger partial charge in [0, 0.05) is 37.1 Å². The number of halogens is 1. The number of nitrogens with zero attached hydrogens (tertiary/aromatic N) is 2. The fraction of sp³-hybridized carbons (Fsp3) is 0.692. The first-order chi connectivity index (χ1) is 8.78. The summed E-state index contributed by atoms with van der Waals surface area (Å²) in [6, 6.07) is 0. The minimum Gasteiger partial charge on any atom is -0.357 e. The highest BCUT2D eigenvalue weighted by molar-refractivity contribution is 14.0. The van der Waals surface area contributed by atoms with Crippen LogP contribution >= 0.6 is 35.3 Å². The summed E-state index contributed by atoms with van der Waals surface area (Å²) >= 11 is 1.77. The lowest BCUT2D eigenvalue weighted by Gasteiger charge is -2.10. The van der Waals surface area contributed by atoms with Crippen molar-refractivity contribution in [2.45, 2.75) is 33.1 Å². The molecule has 0 atom stereocenters. The lowest BCUT2D eigenvalue weighted by molar-refractivity contribution is 0.775. The van der Waals surface area contributed by atoms with Crippen LogP contribution < -0.4 is 10.6 Å². The second-order valence-corrected chi connectivity index (χ2v) is 6.02. The number of nitrogens with one attached hydrogen (secondary N) is 2. The number of aromatic nitrogens is 1. The molecule has 1 aliphatic carbocycles. The maximum atomic E-state index is 4.59. The van der Waals surface area contributed by atoms with Gasteiger partial charge in [-0.25, -0.2) is 4.98 Å². The van der Waals surface area contributed by atoms with Gasteiger partial charge in [-0.2, -0.15) is 0 Å². The Morgan fingerprint density at radius 3 is 2.84 bits per heavy atom. The summed E-state index contributed by atoms with van der Waals surface area (Å²) in [5, 5.41) is 7.84. The number of hydrogen-bond acceptors (Lipinski definition) is 3. The third-order valence-electron chi connectivity index (χ3n) is 2.85. The molecule has 108 valence electrons. The molecule has 1 heterocycles. The van der Waals surface area contributed by atoms with Gasteiger partial charge in [-0.05, 0) is 32.6 Å². The Morgan fingerprint density at radius 1 is 1.47 bits per heavy atom. The lowest BCUT2D eigenvalue weighted by Crippen LogP contribution is -2.38. The molecule has 0 radical (unpaired) electrons. The third kappa shape index (κ3) is 6.56. The van der Waals surface area contributed by atoms with Crippen molar-refractivity contribution < 1.29 is 0 Å². The van der Waals surface area contributed by atoms with E-state index in [0.717, 1.165) is 37.9 Å². The molecular formula is C13H23IN4S. The maximum absolute atomic E-state index is 4.59. The Kier molecular flexibility index (Phi) is 7.67. The largest absolute Gasteiger partial charge is 0.357 e. The Morgan fingerprint density at radius 2 is 2.26 bits per heavy atom. The summed E-state index contributed by atoms with van der Waals surface area (Å²) < 4.78 is 0. The van der Waals surface area contributed by atoms with E-state index < -0.39 is 0 Å². The Hall–Kier alpha value is -0.370. The van der Waals surface area contributed by atoms with Crippen LogP contribution in [0.25, 0.3) is 0 Å². The summed E-state index contributed by atoms with van der Waals surface area (Å²) in [4.78, 5) is 10.2. The summed E-state index contributed by atoms with van der Waals surface area (Å²) in [6.07, 6.45) is 5.60. The molecule has 0 bridgehead atoms. The first kappa shape index (κ1) is 16.7. The molecule has 1 aromatic heterocycles. The van der Waals surface area contributed by atoms with Crippen molar-refractivity contribution in [3.63, 3.8) is 0 Å². The Balaban J connectivity index is 0.00000180. The van der Waals surface area contributed by atoms with Gasteiger partial charge in [-0.1, -0.05) is 0 Å².